The second-order valence-electron chi connectivity index (χ2n) is 25.7. The van der Waals surface area contributed by atoms with Gasteiger partial charge in [0.1, 0.15) is 0 Å². The predicted molar refractivity (Wildman–Crippen MR) is 375 cm³/mol. The van der Waals surface area contributed by atoms with Crippen LogP contribution in [0.15, 0.2) is 48.6 Å². The molecule has 0 saturated heterocycles. The van der Waals surface area contributed by atoms with E-state index < -0.39 is 23.9 Å². The zero-order valence-corrected chi connectivity index (χ0v) is 62.5. The molecular formula is C80H148O8W-4. The average Bonchev–Trinajstić information content (AvgIpc) is 3.50. The molecule has 0 aromatic heterocycles. The third-order valence-corrected chi connectivity index (χ3v) is 16.6. The van der Waals surface area contributed by atoms with Crippen molar-refractivity contribution < 1.29 is 60.7 Å². The molecule has 0 rings (SSSR count). The van der Waals surface area contributed by atoms with E-state index in [0.717, 1.165) is 77.0 Å². The van der Waals surface area contributed by atoms with Crippen LogP contribution in [0.3, 0.4) is 0 Å². The molecule has 0 atom stereocenters. The summed E-state index contributed by atoms with van der Waals surface area (Å²) >= 11 is 0. The quantitative estimate of drug-likeness (QED) is 0.0430. The maximum atomic E-state index is 10.2. The standard InChI is InChI=1S/4C20H38O2.W/c4*1-2-3-4-5-6-7-8-9-10-11-12-13-14-15-16-17-18-19-20(21)22;/h4*11-12H,2-10,13-19H2,1H3,(H,21,22);/p-4/b4*12-11-;. The van der Waals surface area contributed by atoms with Crippen LogP contribution < -0.4 is 20.4 Å². The van der Waals surface area contributed by atoms with Crippen LogP contribution in [0.4, 0.5) is 0 Å². The number of hydrogen-bond donors (Lipinski definition) is 0. The molecule has 0 fully saturated rings. The monoisotopic (exact) mass is 1420 g/mol. The molecule has 0 aromatic carbocycles. The van der Waals surface area contributed by atoms with E-state index in [9.17, 15) is 39.6 Å². The molecule has 0 aliphatic heterocycles. The van der Waals surface area contributed by atoms with Crippen LogP contribution >= 0.6 is 0 Å². The van der Waals surface area contributed by atoms with Crippen molar-refractivity contribution in [1.82, 2.24) is 0 Å². The van der Waals surface area contributed by atoms with Crippen LogP contribution in [0.5, 0.6) is 0 Å². The van der Waals surface area contributed by atoms with Gasteiger partial charge in [-0.25, -0.2) is 0 Å². The molecule has 8 nitrogen and oxygen atoms in total. The van der Waals surface area contributed by atoms with E-state index in [4.69, 9.17) is 0 Å². The summed E-state index contributed by atoms with van der Waals surface area (Å²) in [6.45, 7) is 9.07. The third-order valence-electron chi connectivity index (χ3n) is 16.6. The van der Waals surface area contributed by atoms with Crippen LogP contribution in [-0.4, -0.2) is 23.9 Å². The van der Waals surface area contributed by atoms with Gasteiger partial charge >= 0.3 is 0 Å². The average molecular weight is 1420 g/mol. The van der Waals surface area contributed by atoms with Crippen molar-refractivity contribution in [2.45, 2.75) is 439 Å². The molecule has 0 unspecified atom stereocenters. The summed E-state index contributed by atoms with van der Waals surface area (Å²) in [6, 6.07) is 0. The topological polar surface area (TPSA) is 161 Å². The minimum absolute atomic E-state index is 0. The zero-order chi connectivity index (χ0) is 65.2. The van der Waals surface area contributed by atoms with Crippen molar-refractivity contribution in [2.24, 2.45) is 0 Å². The van der Waals surface area contributed by atoms with Crippen LogP contribution in [0.1, 0.15) is 439 Å². The molecule has 0 spiro atoms. The fourth-order valence-corrected chi connectivity index (χ4v) is 10.8. The molecule has 0 saturated carbocycles. The Morgan fingerprint density at radius 3 is 0.393 bits per heavy atom. The Morgan fingerprint density at radius 2 is 0.281 bits per heavy atom. The van der Waals surface area contributed by atoms with Crippen LogP contribution in [-0.2, 0) is 40.2 Å². The summed E-state index contributed by atoms with van der Waals surface area (Å²) < 4.78 is 0. The van der Waals surface area contributed by atoms with Gasteiger partial charge in [0.25, 0.3) is 0 Å². The number of rotatable bonds is 68. The Labute approximate surface area is 568 Å². The van der Waals surface area contributed by atoms with Gasteiger partial charge in [0.15, 0.2) is 0 Å². The van der Waals surface area contributed by atoms with Crippen molar-refractivity contribution in [3.05, 3.63) is 48.6 Å². The first-order chi connectivity index (χ1) is 43.1. The maximum Gasteiger partial charge on any atom is 0.0414 e. The molecule has 0 bridgehead atoms. The summed E-state index contributed by atoms with van der Waals surface area (Å²) in [4.78, 5) is 41.0. The molecule has 0 radical (unpaired) electrons. The van der Waals surface area contributed by atoms with E-state index in [-0.39, 0.29) is 46.7 Å². The molecule has 89 heavy (non-hydrogen) atoms. The van der Waals surface area contributed by atoms with Gasteiger partial charge in [-0.1, -0.05) is 333 Å². The third kappa shape index (κ3) is 110. The number of carboxylic acids is 4. The van der Waals surface area contributed by atoms with Crippen molar-refractivity contribution in [3.8, 4) is 0 Å². The van der Waals surface area contributed by atoms with Crippen LogP contribution in [0.2, 0.25) is 0 Å². The van der Waals surface area contributed by atoms with E-state index in [1.165, 1.54) is 308 Å². The summed E-state index contributed by atoms with van der Waals surface area (Å²) in [6.07, 6.45) is 95.3. The molecule has 0 amide bonds. The molecule has 0 N–H and O–H groups in total. The number of allylic oxidation sites excluding steroid dienone is 8. The van der Waals surface area contributed by atoms with Crippen molar-refractivity contribution in [3.63, 3.8) is 0 Å². The minimum Gasteiger partial charge on any atom is -0.550 e. The molecule has 0 aromatic rings. The van der Waals surface area contributed by atoms with Gasteiger partial charge in [0, 0.05) is 44.9 Å². The summed E-state index contributed by atoms with van der Waals surface area (Å²) in [5.74, 6) is -3.65. The Balaban J connectivity index is -0.000000351. The van der Waals surface area contributed by atoms with Crippen molar-refractivity contribution in [1.29, 1.82) is 0 Å². The number of aliphatic carboxylic acids is 4. The van der Waals surface area contributed by atoms with Gasteiger partial charge in [0.2, 0.25) is 0 Å². The smallest absolute Gasteiger partial charge is 0.0414 e. The number of carboxylic acid groups (broad SMARTS) is 4. The number of hydrogen-bond acceptors (Lipinski definition) is 8. The second-order valence-corrected chi connectivity index (χ2v) is 25.7. The Bertz CT molecular complexity index is 1260. The largest absolute Gasteiger partial charge is 0.550 e. The van der Waals surface area contributed by atoms with Gasteiger partial charge in [-0.2, -0.15) is 0 Å². The first kappa shape index (κ1) is 95.2. The number of unbranched alkanes of at least 4 members (excludes halogenated alkanes) is 52. The van der Waals surface area contributed by atoms with Crippen molar-refractivity contribution >= 4 is 23.9 Å². The minimum atomic E-state index is -0.913. The van der Waals surface area contributed by atoms with E-state index in [0.29, 0.717) is 0 Å². The molecule has 0 aliphatic carbocycles. The van der Waals surface area contributed by atoms with Gasteiger partial charge in [0.05, 0.1) is 0 Å². The van der Waals surface area contributed by atoms with Crippen LogP contribution in [0.25, 0.3) is 0 Å². The van der Waals surface area contributed by atoms with Gasteiger partial charge in [-0.05, 0) is 154 Å². The number of carbonyl (C=O) groups is 4. The predicted octanol–water partition coefficient (Wildman–Crippen LogP) is 22.2. The van der Waals surface area contributed by atoms with E-state index in [1.807, 2.05) is 0 Å². The SMILES string of the molecule is CCCCCCCCCC/C=C\CCCCCCCC(=O)[O-].CCCCCCCCCC/C=C\CCCCCCCC(=O)[O-].CCCCCCCCCC/C=C\CCCCCCCC(=O)[O-].CCCCCCCCCC/C=C\CCCCCCCC(=O)[O-].[W]. The number of carbonyl (C=O) groups excluding carboxylic acids is 4. The zero-order valence-electron chi connectivity index (χ0n) is 59.5. The molecule has 526 valence electrons. The second kappa shape index (κ2) is 91.9. The molecule has 0 heterocycles. The Hall–Kier alpha value is -2.47. The van der Waals surface area contributed by atoms with Crippen LogP contribution in [0, 0.1) is 0 Å². The summed E-state index contributed by atoms with van der Waals surface area (Å²) in [7, 11) is 0. The molecule has 9 heteroatoms. The fraction of sp³-hybridized carbons (Fsp3) is 0.850. The van der Waals surface area contributed by atoms with E-state index >= 15 is 0 Å². The van der Waals surface area contributed by atoms with Gasteiger partial charge < -0.3 is 39.6 Å². The Kier molecular flexibility index (Phi) is 98.4. The Morgan fingerprint density at radius 1 is 0.180 bits per heavy atom. The van der Waals surface area contributed by atoms with Crippen molar-refractivity contribution in [2.75, 3.05) is 0 Å². The van der Waals surface area contributed by atoms with Gasteiger partial charge in [-0.15, -0.1) is 0 Å². The molecule has 0 aliphatic rings. The van der Waals surface area contributed by atoms with E-state index in [1.54, 1.807) is 0 Å². The molecular weight excluding hydrogens is 1270 g/mol. The first-order valence-corrected chi connectivity index (χ1v) is 38.5. The normalized spacial score (nSPS) is 11.2. The van der Waals surface area contributed by atoms with Gasteiger partial charge in [-0.3, -0.25) is 0 Å². The first-order valence-electron chi connectivity index (χ1n) is 38.5. The summed E-state index contributed by atoms with van der Waals surface area (Å²) in [5, 5.41) is 41.0. The summed E-state index contributed by atoms with van der Waals surface area (Å²) in [5.41, 5.74) is 0. The fourth-order valence-electron chi connectivity index (χ4n) is 10.8. The maximum absolute atomic E-state index is 10.2. The van der Waals surface area contributed by atoms with E-state index in [2.05, 4.69) is 76.3 Å².